The van der Waals surface area contributed by atoms with E-state index in [0.717, 1.165) is 0 Å². The Hall–Kier alpha value is -2.22. The topological polar surface area (TPSA) is 107 Å². The van der Waals surface area contributed by atoms with Gasteiger partial charge in [-0.2, -0.15) is 4.99 Å². The third-order valence-corrected chi connectivity index (χ3v) is 2.52. The van der Waals surface area contributed by atoms with E-state index in [0.29, 0.717) is 26.3 Å². The van der Waals surface area contributed by atoms with E-state index >= 15 is 0 Å². The summed E-state index contributed by atoms with van der Waals surface area (Å²) in [7, 11) is 0. The summed E-state index contributed by atoms with van der Waals surface area (Å²) in [5.74, 6) is 0.242. The summed E-state index contributed by atoms with van der Waals surface area (Å²) < 4.78 is 5.19. The van der Waals surface area contributed by atoms with Crippen LogP contribution >= 0.6 is 0 Å². The van der Waals surface area contributed by atoms with Crippen molar-refractivity contribution in [2.24, 2.45) is 10.7 Å². The molecule has 2 rings (SSSR count). The molecule has 2 heterocycles. The Morgan fingerprint density at radius 3 is 2.94 bits per heavy atom. The average molecular weight is 251 g/mol. The minimum atomic E-state index is -0.529. The number of nitrogens with two attached hydrogens (primary N) is 1. The van der Waals surface area contributed by atoms with Gasteiger partial charge in [0.15, 0.2) is 5.96 Å². The number of ether oxygens (including phenoxy) is 1. The fourth-order valence-corrected chi connectivity index (χ4v) is 1.59. The van der Waals surface area contributed by atoms with E-state index in [1.165, 1.54) is 18.3 Å². The molecule has 0 bridgehead atoms. The van der Waals surface area contributed by atoms with Gasteiger partial charge >= 0.3 is 5.69 Å². The number of rotatable bonds is 2. The van der Waals surface area contributed by atoms with E-state index in [2.05, 4.69) is 9.98 Å². The molecule has 1 aromatic heterocycles. The Morgan fingerprint density at radius 1 is 1.56 bits per heavy atom. The molecule has 0 amide bonds. The molecule has 96 valence electrons. The highest BCUT2D eigenvalue weighted by atomic mass is 16.6. The van der Waals surface area contributed by atoms with Crippen LogP contribution in [0, 0.1) is 10.1 Å². The minimum absolute atomic E-state index is 0.0199. The van der Waals surface area contributed by atoms with Gasteiger partial charge in [-0.05, 0) is 6.07 Å². The number of nitro groups is 1. The van der Waals surface area contributed by atoms with Gasteiger partial charge in [0.25, 0.3) is 0 Å². The highest BCUT2D eigenvalue weighted by molar-refractivity contribution is 5.81. The van der Waals surface area contributed by atoms with Gasteiger partial charge in [0.1, 0.15) is 0 Å². The van der Waals surface area contributed by atoms with Crippen LogP contribution in [0.15, 0.2) is 23.3 Å². The van der Waals surface area contributed by atoms with E-state index in [9.17, 15) is 10.1 Å². The van der Waals surface area contributed by atoms with Crippen molar-refractivity contribution in [2.45, 2.75) is 0 Å². The number of hydrogen-bond donors (Lipinski definition) is 1. The van der Waals surface area contributed by atoms with E-state index in [4.69, 9.17) is 10.5 Å². The molecule has 0 aliphatic carbocycles. The fraction of sp³-hybridized carbons (Fsp3) is 0.400. The average Bonchev–Trinajstić information content (AvgIpc) is 2.40. The summed E-state index contributed by atoms with van der Waals surface area (Å²) in [5, 5.41) is 10.8. The predicted molar refractivity (Wildman–Crippen MR) is 64.6 cm³/mol. The second kappa shape index (κ2) is 5.41. The van der Waals surface area contributed by atoms with Crippen molar-refractivity contribution in [1.82, 2.24) is 9.88 Å². The molecule has 1 saturated heterocycles. The van der Waals surface area contributed by atoms with Crippen molar-refractivity contribution in [2.75, 3.05) is 26.3 Å². The summed E-state index contributed by atoms with van der Waals surface area (Å²) in [4.78, 5) is 20.0. The number of aliphatic imine (C=N–C) groups is 1. The molecule has 8 nitrogen and oxygen atoms in total. The Morgan fingerprint density at radius 2 is 2.28 bits per heavy atom. The molecule has 18 heavy (non-hydrogen) atoms. The maximum absolute atomic E-state index is 10.8. The molecule has 1 aromatic rings. The molecule has 8 heteroatoms. The monoisotopic (exact) mass is 251 g/mol. The molecule has 1 aliphatic heterocycles. The quantitative estimate of drug-likeness (QED) is 0.350. The lowest BCUT2D eigenvalue weighted by Gasteiger charge is -2.27. The van der Waals surface area contributed by atoms with Crippen molar-refractivity contribution < 1.29 is 9.66 Å². The van der Waals surface area contributed by atoms with Crippen molar-refractivity contribution in [3.8, 4) is 0 Å². The van der Waals surface area contributed by atoms with E-state index < -0.39 is 4.92 Å². The highest BCUT2D eigenvalue weighted by Crippen LogP contribution is 2.23. The maximum atomic E-state index is 10.8. The largest absolute Gasteiger partial charge is 0.378 e. The molecular formula is C10H13N5O3. The smallest absolute Gasteiger partial charge is 0.313 e. The van der Waals surface area contributed by atoms with Gasteiger partial charge in [0, 0.05) is 25.4 Å². The first-order chi connectivity index (χ1) is 8.68. The molecule has 0 radical (unpaired) electrons. The Kier molecular flexibility index (Phi) is 3.68. The number of aromatic nitrogens is 1. The molecule has 0 aromatic carbocycles. The molecule has 2 N–H and O–H groups in total. The van der Waals surface area contributed by atoms with Crippen LogP contribution in [0.2, 0.25) is 0 Å². The Labute approximate surface area is 103 Å². The first-order valence-corrected chi connectivity index (χ1v) is 5.45. The van der Waals surface area contributed by atoms with Gasteiger partial charge in [-0.25, -0.2) is 4.98 Å². The number of morpholine rings is 1. The highest BCUT2D eigenvalue weighted by Gasteiger charge is 2.17. The fourth-order valence-electron chi connectivity index (χ4n) is 1.59. The lowest BCUT2D eigenvalue weighted by Crippen LogP contribution is -2.44. The van der Waals surface area contributed by atoms with Crippen LogP contribution in [-0.4, -0.2) is 47.1 Å². The van der Waals surface area contributed by atoms with Crippen LogP contribution in [0.3, 0.4) is 0 Å². The standard InChI is InChI=1S/C10H13N5O3/c11-10(14-4-6-18-7-5-14)13-9-8(15(16)17)2-1-3-12-9/h1-3H,4-7H2,(H2,11,12,13). The van der Waals surface area contributed by atoms with Crippen LogP contribution < -0.4 is 5.73 Å². The van der Waals surface area contributed by atoms with E-state index in [-0.39, 0.29) is 17.5 Å². The molecule has 0 atom stereocenters. The first kappa shape index (κ1) is 12.2. The van der Waals surface area contributed by atoms with Gasteiger partial charge in [-0.1, -0.05) is 0 Å². The van der Waals surface area contributed by atoms with Crippen molar-refractivity contribution in [3.05, 3.63) is 28.4 Å². The van der Waals surface area contributed by atoms with Crippen molar-refractivity contribution in [1.29, 1.82) is 0 Å². The zero-order chi connectivity index (χ0) is 13.0. The van der Waals surface area contributed by atoms with E-state index in [1.807, 2.05) is 4.90 Å². The number of pyridine rings is 1. The number of hydrogen-bond acceptors (Lipinski definition) is 5. The zero-order valence-electron chi connectivity index (χ0n) is 9.65. The van der Waals surface area contributed by atoms with Gasteiger partial charge in [-0.3, -0.25) is 10.1 Å². The summed E-state index contributed by atoms with van der Waals surface area (Å²) in [6, 6.07) is 2.83. The minimum Gasteiger partial charge on any atom is -0.378 e. The number of nitrogens with zero attached hydrogens (tertiary/aromatic N) is 4. The van der Waals surface area contributed by atoms with Gasteiger partial charge in [-0.15, -0.1) is 0 Å². The second-order valence-corrected chi connectivity index (χ2v) is 3.67. The van der Waals surface area contributed by atoms with Crippen molar-refractivity contribution >= 4 is 17.5 Å². The summed E-state index contributed by atoms with van der Waals surface area (Å²) in [5.41, 5.74) is 5.65. The predicted octanol–water partition coefficient (Wildman–Crippen LogP) is 0.268. The van der Waals surface area contributed by atoms with Gasteiger partial charge in [0.05, 0.1) is 18.1 Å². The van der Waals surface area contributed by atoms with Crippen LogP contribution in [0.25, 0.3) is 0 Å². The van der Waals surface area contributed by atoms with Gasteiger partial charge < -0.3 is 15.4 Å². The van der Waals surface area contributed by atoms with Crippen LogP contribution in [0.4, 0.5) is 11.5 Å². The zero-order valence-corrected chi connectivity index (χ0v) is 9.65. The summed E-state index contributed by atoms with van der Waals surface area (Å²) in [6.45, 7) is 2.38. The molecule has 0 unspecified atom stereocenters. The number of guanidine groups is 1. The lowest BCUT2D eigenvalue weighted by atomic mass is 10.4. The third-order valence-electron chi connectivity index (χ3n) is 2.52. The third kappa shape index (κ3) is 2.72. The van der Waals surface area contributed by atoms with Crippen molar-refractivity contribution in [3.63, 3.8) is 0 Å². The molecule has 1 aliphatic rings. The molecule has 0 spiro atoms. The van der Waals surface area contributed by atoms with Crippen LogP contribution in [-0.2, 0) is 4.74 Å². The van der Waals surface area contributed by atoms with Gasteiger partial charge in [0.2, 0.25) is 5.82 Å². The summed E-state index contributed by atoms with van der Waals surface area (Å²) >= 11 is 0. The lowest BCUT2D eigenvalue weighted by molar-refractivity contribution is -0.384. The Bertz CT molecular complexity index is 470. The first-order valence-electron chi connectivity index (χ1n) is 5.45. The molecule has 1 fully saturated rings. The second-order valence-electron chi connectivity index (χ2n) is 3.67. The van der Waals surface area contributed by atoms with Crippen LogP contribution in [0.1, 0.15) is 0 Å². The Balaban J connectivity index is 2.23. The summed E-state index contributed by atoms with van der Waals surface area (Å²) in [6.07, 6.45) is 1.44. The normalized spacial score (nSPS) is 16.7. The molecule has 0 saturated carbocycles. The maximum Gasteiger partial charge on any atom is 0.313 e. The van der Waals surface area contributed by atoms with Crippen LogP contribution in [0.5, 0.6) is 0 Å². The molecular weight excluding hydrogens is 238 g/mol. The van der Waals surface area contributed by atoms with E-state index in [1.54, 1.807) is 0 Å². The SMILES string of the molecule is NC(=Nc1ncccc1[N+](=O)[O-])N1CCOCC1.